The second-order valence-corrected chi connectivity index (χ2v) is 5.97. The molecule has 2 N–H and O–H groups in total. The minimum atomic E-state index is 0.139. The smallest absolute Gasteiger partial charge is 0.0644 e. The van der Waals surface area contributed by atoms with Gasteiger partial charge in [-0.3, -0.25) is 4.68 Å². The molecule has 102 valence electrons. The first kappa shape index (κ1) is 13.6. The van der Waals surface area contributed by atoms with Crippen LogP contribution in [0.4, 0.5) is 0 Å². The summed E-state index contributed by atoms with van der Waals surface area (Å²) >= 11 is 0. The number of hydrogen-bond acceptors (Lipinski definition) is 2. The van der Waals surface area contributed by atoms with Crippen molar-refractivity contribution in [3.05, 3.63) is 17.0 Å². The molecule has 1 heterocycles. The number of hydrogen-bond donors (Lipinski definition) is 1. The average molecular weight is 249 g/mol. The van der Waals surface area contributed by atoms with Crippen LogP contribution in [0, 0.1) is 19.8 Å². The molecule has 0 amide bonds. The summed E-state index contributed by atoms with van der Waals surface area (Å²) in [7, 11) is 0. The van der Waals surface area contributed by atoms with Crippen LogP contribution in [0.1, 0.15) is 75.0 Å². The van der Waals surface area contributed by atoms with E-state index in [9.17, 15) is 0 Å². The third-order valence-corrected chi connectivity index (χ3v) is 4.45. The molecule has 3 atom stereocenters. The number of nitrogens with two attached hydrogens (primary N) is 1. The van der Waals surface area contributed by atoms with Gasteiger partial charge >= 0.3 is 0 Å². The first-order valence-electron chi connectivity index (χ1n) is 7.35. The van der Waals surface area contributed by atoms with Crippen molar-refractivity contribution in [1.82, 2.24) is 9.78 Å². The van der Waals surface area contributed by atoms with Crippen molar-refractivity contribution >= 4 is 0 Å². The summed E-state index contributed by atoms with van der Waals surface area (Å²) in [6, 6.07) is 0.727. The van der Waals surface area contributed by atoms with Crippen LogP contribution < -0.4 is 5.73 Å². The predicted octanol–water partition coefficient (Wildman–Crippen LogP) is 3.66. The fourth-order valence-corrected chi connectivity index (χ4v) is 3.40. The molecule has 0 aromatic carbocycles. The van der Waals surface area contributed by atoms with Gasteiger partial charge in [0.1, 0.15) is 0 Å². The molecule has 1 saturated carbocycles. The summed E-state index contributed by atoms with van der Waals surface area (Å²) in [5.74, 6) is 0.830. The molecule has 3 nitrogen and oxygen atoms in total. The lowest BCUT2D eigenvalue weighted by molar-refractivity contribution is 0.263. The highest BCUT2D eigenvalue weighted by Gasteiger charge is 2.25. The van der Waals surface area contributed by atoms with Gasteiger partial charge in [-0.25, -0.2) is 0 Å². The molecule has 3 heteroatoms. The predicted molar refractivity (Wildman–Crippen MR) is 75.6 cm³/mol. The van der Waals surface area contributed by atoms with Crippen molar-refractivity contribution in [3.63, 3.8) is 0 Å². The second kappa shape index (κ2) is 5.43. The van der Waals surface area contributed by atoms with Crippen molar-refractivity contribution in [3.8, 4) is 0 Å². The number of nitrogens with zero attached hydrogens (tertiary/aromatic N) is 2. The fraction of sp³-hybridized carbons (Fsp3) is 0.800. The SMILES string of the molecule is CCC(N)c1c(C)nn(C2CCCC(C)C2)c1C. The molecule has 1 aliphatic carbocycles. The van der Waals surface area contributed by atoms with Crippen molar-refractivity contribution in [1.29, 1.82) is 0 Å². The van der Waals surface area contributed by atoms with Gasteiger partial charge in [0.15, 0.2) is 0 Å². The van der Waals surface area contributed by atoms with Crippen LogP contribution in [0.3, 0.4) is 0 Å². The Bertz CT molecular complexity index is 408. The molecule has 1 aliphatic rings. The van der Waals surface area contributed by atoms with Crippen molar-refractivity contribution in [2.45, 2.75) is 71.9 Å². The lowest BCUT2D eigenvalue weighted by atomic mass is 9.87. The molecule has 18 heavy (non-hydrogen) atoms. The van der Waals surface area contributed by atoms with Gasteiger partial charge in [0.2, 0.25) is 0 Å². The van der Waals surface area contributed by atoms with Crippen LogP contribution in [-0.2, 0) is 0 Å². The minimum Gasteiger partial charge on any atom is -0.324 e. The van der Waals surface area contributed by atoms with Crippen LogP contribution >= 0.6 is 0 Å². The fourth-order valence-electron chi connectivity index (χ4n) is 3.40. The molecule has 1 aromatic rings. The van der Waals surface area contributed by atoms with Crippen molar-refractivity contribution in [2.75, 3.05) is 0 Å². The van der Waals surface area contributed by atoms with Crippen LogP contribution in [0.2, 0.25) is 0 Å². The number of rotatable bonds is 3. The Balaban J connectivity index is 2.29. The van der Waals surface area contributed by atoms with Crippen LogP contribution in [0.25, 0.3) is 0 Å². The first-order valence-corrected chi connectivity index (χ1v) is 7.35. The maximum atomic E-state index is 6.21. The van der Waals surface area contributed by atoms with E-state index in [1.54, 1.807) is 0 Å². The molecule has 2 rings (SSSR count). The highest BCUT2D eigenvalue weighted by atomic mass is 15.3. The van der Waals surface area contributed by atoms with E-state index in [2.05, 4.69) is 32.4 Å². The lowest BCUT2D eigenvalue weighted by Gasteiger charge is -2.28. The third kappa shape index (κ3) is 2.46. The van der Waals surface area contributed by atoms with E-state index < -0.39 is 0 Å². The highest BCUT2D eigenvalue weighted by molar-refractivity contribution is 5.28. The summed E-state index contributed by atoms with van der Waals surface area (Å²) < 4.78 is 2.26. The summed E-state index contributed by atoms with van der Waals surface area (Å²) in [4.78, 5) is 0. The Kier molecular flexibility index (Phi) is 4.10. The van der Waals surface area contributed by atoms with Gasteiger partial charge in [-0.05, 0) is 39.0 Å². The maximum Gasteiger partial charge on any atom is 0.0644 e. The standard InChI is InChI=1S/C15H27N3/c1-5-14(16)15-11(3)17-18(12(15)4)13-8-6-7-10(2)9-13/h10,13-14H,5-9,16H2,1-4H3. The molecule has 0 radical (unpaired) electrons. The van der Waals surface area contributed by atoms with E-state index in [4.69, 9.17) is 10.8 Å². The Labute approximate surface area is 111 Å². The zero-order chi connectivity index (χ0) is 13.3. The quantitative estimate of drug-likeness (QED) is 0.888. The van der Waals surface area contributed by atoms with Gasteiger partial charge < -0.3 is 5.73 Å². The van der Waals surface area contributed by atoms with E-state index in [0.717, 1.165) is 18.0 Å². The zero-order valence-electron chi connectivity index (χ0n) is 12.2. The van der Waals surface area contributed by atoms with Crippen molar-refractivity contribution in [2.24, 2.45) is 11.7 Å². The molecule has 0 bridgehead atoms. The van der Waals surface area contributed by atoms with Crippen LogP contribution in [0.5, 0.6) is 0 Å². The van der Waals surface area contributed by atoms with Crippen LogP contribution in [-0.4, -0.2) is 9.78 Å². The van der Waals surface area contributed by atoms with Gasteiger partial charge in [0.25, 0.3) is 0 Å². The van der Waals surface area contributed by atoms with E-state index in [1.165, 1.54) is 36.9 Å². The zero-order valence-corrected chi connectivity index (χ0v) is 12.2. The molecular weight excluding hydrogens is 222 g/mol. The van der Waals surface area contributed by atoms with E-state index in [0.29, 0.717) is 6.04 Å². The second-order valence-electron chi connectivity index (χ2n) is 5.97. The molecule has 0 saturated heterocycles. The van der Waals surface area contributed by atoms with Gasteiger partial charge in [0.05, 0.1) is 11.7 Å². The normalized spacial score (nSPS) is 26.3. The van der Waals surface area contributed by atoms with Crippen LogP contribution in [0.15, 0.2) is 0 Å². The first-order chi connectivity index (χ1) is 8.54. The Morgan fingerprint density at radius 1 is 1.39 bits per heavy atom. The van der Waals surface area contributed by atoms with E-state index >= 15 is 0 Å². The molecule has 0 spiro atoms. The topological polar surface area (TPSA) is 43.8 Å². The van der Waals surface area contributed by atoms with Gasteiger partial charge in [0, 0.05) is 17.3 Å². The van der Waals surface area contributed by atoms with Gasteiger partial charge in [-0.15, -0.1) is 0 Å². The molecule has 1 aromatic heterocycles. The summed E-state index contributed by atoms with van der Waals surface area (Å²) in [5.41, 5.74) is 9.90. The largest absolute Gasteiger partial charge is 0.324 e. The van der Waals surface area contributed by atoms with E-state index in [-0.39, 0.29) is 6.04 Å². The maximum absolute atomic E-state index is 6.21. The van der Waals surface area contributed by atoms with Crippen molar-refractivity contribution < 1.29 is 0 Å². The Morgan fingerprint density at radius 2 is 2.11 bits per heavy atom. The molecule has 0 aliphatic heterocycles. The summed E-state index contributed by atoms with van der Waals surface area (Å²) in [5, 5.41) is 4.77. The lowest BCUT2D eigenvalue weighted by Crippen LogP contribution is -2.20. The van der Waals surface area contributed by atoms with Gasteiger partial charge in [-0.2, -0.15) is 5.10 Å². The molecular formula is C15H27N3. The molecule has 1 fully saturated rings. The summed E-state index contributed by atoms with van der Waals surface area (Å²) in [6.07, 6.45) is 6.22. The molecule has 3 unspecified atom stereocenters. The Hall–Kier alpha value is -0.830. The third-order valence-electron chi connectivity index (χ3n) is 4.45. The van der Waals surface area contributed by atoms with Gasteiger partial charge in [-0.1, -0.05) is 26.7 Å². The Morgan fingerprint density at radius 3 is 2.72 bits per heavy atom. The summed E-state index contributed by atoms with van der Waals surface area (Å²) in [6.45, 7) is 8.78. The highest BCUT2D eigenvalue weighted by Crippen LogP contribution is 2.34. The minimum absolute atomic E-state index is 0.139. The average Bonchev–Trinajstić information content (AvgIpc) is 2.64. The number of aryl methyl sites for hydroxylation is 1. The van der Waals surface area contributed by atoms with E-state index in [1.807, 2.05) is 0 Å². The monoisotopic (exact) mass is 249 g/mol. The number of aromatic nitrogens is 2.